The summed E-state index contributed by atoms with van der Waals surface area (Å²) in [6, 6.07) is 2.46. The zero-order valence-corrected chi connectivity index (χ0v) is 15.2. The van der Waals surface area contributed by atoms with Gasteiger partial charge in [-0.1, -0.05) is 0 Å². The lowest BCUT2D eigenvalue weighted by Gasteiger charge is -2.24. The number of piperidine rings is 1. The number of ether oxygens (including phenoxy) is 1. The highest BCUT2D eigenvalue weighted by molar-refractivity contribution is 5.90. The summed E-state index contributed by atoms with van der Waals surface area (Å²) < 4.78 is 34.6. The maximum atomic E-state index is 14.7. The maximum Gasteiger partial charge on any atom is 0.414 e. The Morgan fingerprint density at radius 1 is 1.18 bits per heavy atom. The van der Waals surface area contributed by atoms with Crippen molar-refractivity contribution in [3.8, 4) is 0 Å². The van der Waals surface area contributed by atoms with Crippen LogP contribution < -0.4 is 20.9 Å². The zero-order valence-electron chi connectivity index (χ0n) is 15.2. The van der Waals surface area contributed by atoms with Gasteiger partial charge in [0, 0.05) is 37.2 Å². The highest BCUT2D eigenvalue weighted by Gasteiger charge is 2.54. The Balaban J connectivity index is 1.27. The number of hydrogen-bond donors (Lipinski definition) is 2. The predicted molar refractivity (Wildman–Crippen MR) is 96.9 cm³/mol. The fourth-order valence-corrected chi connectivity index (χ4v) is 4.31. The van der Waals surface area contributed by atoms with Crippen molar-refractivity contribution < 1.29 is 23.1 Å². The number of nitrogens with zero attached hydrogens (tertiary/aromatic N) is 2. The van der Waals surface area contributed by atoms with E-state index in [4.69, 9.17) is 10.5 Å². The van der Waals surface area contributed by atoms with Gasteiger partial charge in [-0.15, -0.1) is 0 Å². The van der Waals surface area contributed by atoms with Crippen molar-refractivity contribution in [3.63, 3.8) is 0 Å². The Labute approximate surface area is 160 Å². The summed E-state index contributed by atoms with van der Waals surface area (Å²) in [4.78, 5) is 26.7. The number of nitrogens with two attached hydrogens (primary N) is 1. The van der Waals surface area contributed by atoms with E-state index in [2.05, 4.69) is 5.32 Å². The van der Waals surface area contributed by atoms with Crippen LogP contribution in [0.5, 0.6) is 0 Å². The van der Waals surface area contributed by atoms with Gasteiger partial charge in [0.25, 0.3) is 0 Å². The first-order valence-corrected chi connectivity index (χ1v) is 9.68. The molecule has 2 aliphatic carbocycles. The van der Waals surface area contributed by atoms with E-state index in [1.807, 2.05) is 0 Å². The molecular formula is C19H22F2N4O3. The number of carbonyl (C=O) groups is 2. The van der Waals surface area contributed by atoms with Crippen LogP contribution in [0.2, 0.25) is 0 Å². The molecule has 2 aliphatic heterocycles. The normalized spacial score (nSPS) is 31.0. The van der Waals surface area contributed by atoms with Crippen LogP contribution >= 0.6 is 0 Å². The van der Waals surface area contributed by atoms with E-state index in [1.54, 1.807) is 4.90 Å². The third-order valence-corrected chi connectivity index (χ3v) is 6.22. The molecule has 4 fully saturated rings. The molecule has 2 saturated carbocycles. The molecule has 150 valence electrons. The van der Waals surface area contributed by atoms with Crippen molar-refractivity contribution in [2.75, 3.05) is 36.0 Å². The predicted octanol–water partition coefficient (Wildman–Crippen LogP) is 1.21. The second-order valence-corrected chi connectivity index (χ2v) is 8.20. The van der Waals surface area contributed by atoms with E-state index in [-0.39, 0.29) is 42.3 Å². The molecular weight excluding hydrogens is 370 g/mol. The number of amides is 2. The molecule has 2 saturated heterocycles. The minimum absolute atomic E-state index is 0.0423. The average Bonchev–Trinajstić information content (AvgIpc) is 3.49. The van der Waals surface area contributed by atoms with Gasteiger partial charge >= 0.3 is 6.09 Å². The fraction of sp³-hybridized carbons (Fsp3) is 0.579. The number of anilines is 2. The van der Waals surface area contributed by atoms with Crippen LogP contribution in [0.25, 0.3) is 0 Å². The lowest BCUT2D eigenvalue weighted by Crippen LogP contribution is -2.35. The summed E-state index contributed by atoms with van der Waals surface area (Å²) in [6.45, 7) is 1.42. The van der Waals surface area contributed by atoms with E-state index in [0.717, 1.165) is 25.0 Å². The lowest BCUT2D eigenvalue weighted by atomic mass is 10.2. The average molecular weight is 392 g/mol. The van der Waals surface area contributed by atoms with Gasteiger partial charge < -0.3 is 20.7 Å². The summed E-state index contributed by atoms with van der Waals surface area (Å²) in [5, 5.41) is 2.75. The molecule has 0 radical (unpaired) electrons. The summed E-state index contributed by atoms with van der Waals surface area (Å²) in [6.07, 6.45) is 0.550. The highest BCUT2D eigenvalue weighted by Crippen LogP contribution is 2.46. The van der Waals surface area contributed by atoms with Crippen molar-refractivity contribution >= 4 is 23.4 Å². The molecule has 0 aromatic heterocycles. The molecule has 1 aromatic rings. The van der Waals surface area contributed by atoms with Gasteiger partial charge in [-0.05, 0) is 24.7 Å². The van der Waals surface area contributed by atoms with Crippen LogP contribution in [0.1, 0.15) is 12.8 Å². The van der Waals surface area contributed by atoms with Gasteiger partial charge in [-0.2, -0.15) is 0 Å². The molecule has 0 spiro atoms. The largest absolute Gasteiger partial charge is 0.442 e. The lowest BCUT2D eigenvalue weighted by molar-refractivity contribution is -0.122. The first kappa shape index (κ1) is 17.7. The smallest absolute Gasteiger partial charge is 0.414 e. The van der Waals surface area contributed by atoms with Gasteiger partial charge in [0.2, 0.25) is 5.91 Å². The molecule has 2 heterocycles. The Bertz CT molecular complexity index is 811. The Hall–Kier alpha value is -2.42. The number of benzene rings is 1. The van der Waals surface area contributed by atoms with E-state index >= 15 is 0 Å². The van der Waals surface area contributed by atoms with Crippen molar-refractivity contribution in [1.29, 1.82) is 0 Å². The second-order valence-electron chi connectivity index (χ2n) is 8.20. The first-order chi connectivity index (χ1) is 13.4. The highest BCUT2D eigenvalue weighted by atomic mass is 19.1. The van der Waals surface area contributed by atoms with Crippen LogP contribution in [0.15, 0.2) is 12.1 Å². The van der Waals surface area contributed by atoms with E-state index in [9.17, 15) is 18.4 Å². The quantitative estimate of drug-likeness (QED) is 0.787. The molecule has 5 rings (SSSR count). The summed E-state index contributed by atoms with van der Waals surface area (Å²) in [5.41, 5.74) is 5.93. The number of nitrogens with one attached hydrogen (secondary N) is 1. The van der Waals surface area contributed by atoms with Crippen LogP contribution in [-0.2, 0) is 9.53 Å². The van der Waals surface area contributed by atoms with Gasteiger partial charge in [-0.25, -0.2) is 13.6 Å². The van der Waals surface area contributed by atoms with E-state index < -0.39 is 23.8 Å². The molecule has 28 heavy (non-hydrogen) atoms. The fourth-order valence-electron chi connectivity index (χ4n) is 4.31. The monoisotopic (exact) mass is 392 g/mol. The van der Waals surface area contributed by atoms with Crippen molar-refractivity contribution in [2.45, 2.75) is 25.0 Å². The third kappa shape index (κ3) is 2.97. The van der Waals surface area contributed by atoms with Crippen molar-refractivity contribution in [2.24, 2.45) is 23.5 Å². The summed E-state index contributed by atoms with van der Waals surface area (Å²) in [7, 11) is 0. The number of rotatable bonds is 5. The minimum Gasteiger partial charge on any atom is -0.442 e. The van der Waals surface area contributed by atoms with Crippen LogP contribution in [-0.4, -0.2) is 50.3 Å². The SMILES string of the molecule is NC1[C@H]2CN(c3c(F)cc(N4C[C@H](CNC(=O)C5CC5)OC4=O)cc3F)C[C@@H]12. The molecule has 4 aliphatic rings. The van der Waals surface area contributed by atoms with Crippen LogP contribution in [0.3, 0.4) is 0 Å². The number of halogens is 2. The number of hydrogen-bond acceptors (Lipinski definition) is 5. The Kier molecular flexibility index (Phi) is 3.97. The summed E-state index contributed by atoms with van der Waals surface area (Å²) in [5.74, 6) is -0.780. The van der Waals surface area contributed by atoms with Gasteiger partial charge in [0.1, 0.15) is 11.8 Å². The Morgan fingerprint density at radius 2 is 1.82 bits per heavy atom. The van der Waals surface area contributed by atoms with Gasteiger partial charge in [-0.3, -0.25) is 9.69 Å². The van der Waals surface area contributed by atoms with Crippen molar-refractivity contribution in [3.05, 3.63) is 23.8 Å². The summed E-state index contributed by atoms with van der Waals surface area (Å²) >= 11 is 0. The standard InChI is InChI=1S/C19H22F2N4O3/c20-14-3-10(4-15(21)17(14)24-7-12-13(8-24)16(12)22)25-6-11(28-19(25)27)5-23-18(26)9-1-2-9/h3-4,9,11-13,16H,1-2,5-8,22H2,(H,23,26)/t11-,12-,13+,16?/m0/s1. The molecule has 7 nitrogen and oxygen atoms in total. The zero-order chi connectivity index (χ0) is 19.6. The number of fused-ring (bicyclic) bond motifs is 1. The maximum absolute atomic E-state index is 14.7. The molecule has 3 N–H and O–H groups in total. The van der Waals surface area contributed by atoms with E-state index in [1.165, 1.54) is 4.90 Å². The number of cyclic esters (lactones) is 1. The topological polar surface area (TPSA) is 87.9 Å². The number of carbonyl (C=O) groups excluding carboxylic acids is 2. The third-order valence-electron chi connectivity index (χ3n) is 6.22. The van der Waals surface area contributed by atoms with Gasteiger partial charge in [0.15, 0.2) is 11.6 Å². The minimum atomic E-state index is -0.705. The van der Waals surface area contributed by atoms with Crippen LogP contribution in [0.4, 0.5) is 25.0 Å². The Morgan fingerprint density at radius 3 is 2.43 bits per heavy atom. The molecule has 1 unspecified atom stereocenters. The second kappa shape index (κ2) is 6.30. The molecule has 2 amide bonds. The first-order valence-electron chi connectivity index (χ1n) is 9.68. The van der Waals surface area contributed by atoms with Crippen molar-refractivity contribution in [1.82, 2.24) is 5.32 Å². The molecule has 0 bridgehead atoms. The molecule has 9 heteroatoms. The van der Waals surface area contributed by atoms with E-state index in [0.29, 0.717) is 24.9 Å². The molecule has 1 aromatic carbocycles. The molecule has 4 atom stereocenters. The van der Waals surface area contributed by atoms with Crippen LogP contribution in [0, 0.1) is 29.4 Å². The van der Waals surface area contributed by atoms with Gasteiger partial charge in [0.05, 0.1) is 18.8 Å².